The zero-order chi connectivity index (χ0) is 22.5. The van der Waals surface area contributed by atoms with Crippen LogP contribution in [-0.4, -0.2) is 52.0 Å². The van der Waals surface area contributed by atoms with Crippen LogP contribution in [0.3, 0.4) is 0 Å². The third-order valence-electron chi connectivity index (χ3n) is 5.17. The fraction of sp³-hybridized carbons (Fsp3) is 0.217. The van der Waals surface area contributed by atoms with Crippen molar-refractivity contribution in [2.75, 3.05) is 19.6 Å². The highest BCUT2D eigenvalue weighted by Crippen LogP contribution is 2.16. The van der Waals surface area contributed by atoms with Crippen LogP contribution in [0.5, 0.6) is 0 Å². The molecule has 164 valence electrons. The van der Waals surface area contributed by atoms with Crippen molar-refractivity contribution in [3.05, 3.63) is 88.2 Å². The Kier molecular flexibility index (Phi) is 6.51. The molecule has 0 radical (unpaired) electrons. The third-order valence-corrected chi connectivity index (χ3v) is 5.53. The molecule has 2 heterocycles. The molecule has 1 aliphatic rings. The summed E-state index contributed by atoms with van der Waals surface area (Å²) in [5.41, 5.74) is 2.74. The summed E-state index contributed by atoms with van der Waals surface area (Å²) in [6.45, 7) is 1.81. The first-order valence-electron chi connectivity index (χ1n) is 10.2. The second-order valence-electron chi connectivity index (χ2n) is 7.47. The number of aromatic nitrogens is 2. The van der Waals surface area contributed by atoms with Gasteiger partial charge in [-0.05, 0) is 29.3 Å². The molecule has 0 aliphatic carbocycles. The van der Waals surface area contributed by atoms with Crippen LogP contribution < -0.4 is 10.6 Å². The number of hydrogen-bond acceptors (Lipinski definition) is 4. The normalized spacial score (nSPS) is 13.5. The monoisotopic (exact) mass is 451 g/mol. The number of carbonyl (C=O) groups excluding carboxylic acids is 3. The molecule has 1 fully saturated rings. The summed E-state index contributed by atoms with van der Waals surface area (Å²) in [5, 5.41) is 10.4. The van der Waals surface area contributed by atoms with E-state index in [-0.39, 0.29) is 24.3 Å². The molecule has 0 saturated carbocycles. The van der Waals surface area contributed by atoms with Crippen molar-refractivity contribution < 1.29 is 14.4 Å². The molecule has 2 N–H and O–H groups in total. The summed E-state index contributed by atoms with van der Waals surface area (Å²) in [6, 6.07) is 14.5. The summed E-state index contributed by atoms with van der Waals surface area (Å²) in [5.74, 6) is -0.574. The van der Waals surface area contributed by atoms with Gasteiger partial charge < -0.3 is 15.5 Å². The van der Waals surface area contributed by atoms with Gasteiger partial charge in [-0.3, -0.25) is 19.1 Å². The minimum atomic E-state index is -0.241. The number of amides is 3. The fourth-order valence-corrected chi connectivity index (χ4v) is 3.61. The smallest absolute Gasteiger partial charge is 0.254 e. The van der Waals surface area contributed by atoms with E-state index in [1.165, 1.54) is 11.1 Å². The Bertz CT molecular complexity index is 1140. The first-order valence-corrected chi connectivity index (χ1v) is 10.6. The molecule has 3 aromatic rings. The van der Waals surface area contributed by atoms with Crippen molar-refractivity contribution in [1.29, 1.82) is 0 Å². The van der Waals surface area contributed by atoms with Crippen LogP contribution in [0, 0.1) is 0 Å². The number of nitrogens with one attached hydrogen (secondary N) is 2. The lowest BCUT2D eigenvalue weighted by Gasteiger charge is -2.26. The first-order chi connectivity index (χ1) is 15.5. The Labute approximate surface area is 190 Å². The Balaban J connectivity index is 1.31. The maximum Gasteiger partial charge on any atom is 0.254 e. The lowest BCUT2D eigenvalue weighted by molar-refractivity contribution is -0.123. The Hall–Kier alpha value is -3.65. The van der Waals surface area contributed by atoms with Crippen LogP contribution in [-0.2, 0) is 17.9 Å². The third kappa shape index (κ3) is 5.15. The van der Waals surface area contributed by atoms with Gasteiger partial charge in [-0.25, -0.2) is 0 Å². The van der Waals surface area contributed by atoms with Crippen molar-refractivity contribution in [3.8, 4) is 0 Å². The van der Waals surface area contributed by atoms with E-state index in [0.29, 0.717) is 42.3 Å². The maximum atomic E-state index is 12.5. The van der Waals surface area contributed by atoms with Crippen LogP contribution >= 0.6 is 11.6 Å². The van der Waals surface area contributed by atoms with Gasteiger partial charge in [-0.15, -0.1) is 0 Å². The zero-order valence-electron chi connectivity index (χ0n) is 17.3. The van der Waals surface area contributed by atoms with Gasteiger partial charge in [0.1, 0.15) is 0 Å². The van der Waals surface area contributed by atoms with E-state index >= 15 is 0 Å². The number of benzene rings is 2. The number of halogens is 1. The molecule has 1 saturated heterocycles. The number of piperazine rings is 1. The van der Waals surface area contributed by atoms with Gasteiger partial charge in [-0.1, -0.05) is 41.9 Å². The lowest BCUT2D eigenvalue weighted by Crippen LogP contribution is -2.49. The largest absolute Gasteiger partial charge is 0.353 e. The van der Waals surface area contributed by atoms with Crippen molar-refractivity contribution >= 4 is 29.3 Å². The number of carbonyl (C=O) groups is 3. The van der Waals surface area contributed by atoms with Crippen LogP contribution in [0.2, 0.25) is 5.02 Å². The van der Waals surface area contributed by atoms with E-state index in [2.05, 4.69) is 15.7 Å². The maximum absolute atomic E-state index is 12.5. The fourth-order valence-electron chi connectivity index (χ4n) is 3.41. The van der Waals surface area contributed by atoms with E-state index in [1.807, 2.05) is 24.3 Å². The second-order valence-corrected chi connectivity index (χ2v) is 7.88. The summed E-state index contributed by atoms with van der Waals surface area (Å²) in [4.78, 5) is 38.0. The van der Waals surface area contributed by atoms with Gasteiger partial charge in [-0.2, -0.15) is 5.10 Å². The van der Waals surface area contributed by atoms with Gasteiger partial charge in [0.2, 0.25) is 5.91 Å². The molecule has 4 rings (SSSR count). The van der Waals surface area contributed by atoms with Crippen LogP contribution in [0.25, 0.3) is 0 Å². The van der Waals surface area contributed by atoms with Crippen molar-refractivity contribution in [2.45, 2.75) is 13.1 Å². The summed E-state index contributed by atoms with van der Waals surface area (Å²) in [7, 11) is 0. The van der Waals surface area contributed by atoms with Gasteiger partial charge in [0.15, 0.2) is 0 Å². The van der Waals surface area contributed by atoms with Crippen LogP contribution in [0.1, 0.15) is 31.8 Å². The summed E-state index contributed by atoms with van der Waals surface area (Å²) < 4.78 is 1.66. The molecule has 0 bridgehead atoms. The second kappa shape index (κ2) is 9.65. The van der Waals surface area contributed by atoms with E-state index < -0.39 is 0 Å². The van der Waals surface area contributed by atoms with E-state index in [4.69, 9.17) is 11.6 Å². The highest BCUT2D eigenvalue weighted by Gasteiger charge is 2.22. The SMILES string of the molecule is O=C1CN(C(=O)c2ccc(CNC(=O)c3cnn(Cc4ccccc4Cl)c3)cc2)CCN1. The highest BCUT2D eigenvalue weighted by atomic mass is 35.5. The first kappa shape index (κ1) is 21.6. The zero-order valence-corrected chi connectivity index (χ0v) is 18.0. The number of hydrogen-bond donors (Lipinski definition) is 2. The minimum absolute atomic E-state index is 0.0702. The number of rotatable bonds is 6. The molecule has 0 atom stereocenters. The molecule has 1 aromatic heterocycles. The average molecular weight is 452 g/mol. The molecule has 1 aliphatic heterocycles. The Morgan fingerprint density at radius 3 is 2.62 bits per heavy atom. The molecular weight excluding hydrogens is 430 g/mol. The van der Waals surface area contributed by atoms with E-state index in [0.717, 1.165) is 11.1 Å². The molecule has 0 spiro atoms. The molecule has 0 unspecified atom stereocenters. The summed E-state index contributed by atoms with van der Waals surface area (Å²) >= 11 is 6.18. The standard InChI is InChI=1S/C23H22ClN5O3/c24-20-4-2-1-3-18(20)13-29-14-19(12-27-29)22(31)26-11-16-5-7-17(8-6-16)23(32)28-10-9-25-21(30)15-28/h1-8,12,14H,9-11,13,15H2,(H,25,30)(H,26,31). The molecule has 3 amide bonds. The minimum Gasteiger partial charge on any atom is -0.353 e. The van der Waals surface area contributed by atoms with Gasteiger partial charge in [0.05, 0.1) is 24.8 Å². The van der Waals surface area contributed by atoms with Gasteiger partial charge >= 0.3 is 0 Å². The summed E-state index contributed by atoms with van der Waals surface area (Å²) in [6.07, 6.45) is 3.19. The average Bonchev–Trinajstić information content (AvgIpc) is 3.27. The molecule has 32 heavy (non-hydrogen) atoms. The molecule has 9 heteroatoms. The van der Waals surface area contributed by atoms with Crippen molar-refractivity contribution in [1.82, 2.24) is 25.3 Å². The molecule has 2 aromatic carbocycles. The lowest BCUT2D eigenvalue weighted by atomic mass is 10.1. The van der Waals surface area contributed by atoms with E-state index in [9.17, 15) is 14.4 Å². The predicted molar refractivity (Wildman–Crippen MR) is 119 cm³/mol. The van der Waals surface area contributed by atoms with Crippen LogP contribution in [0.15, 0.2) is 60.9 Å². The van der Waals surface area contributed by atoms with Gasteiger partial charge in [0, 0.05) is 36.4 Å². The quantitative estimate of drug-likeness (QED) is 0.599. The molecule has 8 nitrogen and oxygen atoms in total. The van der Waals surface area contributed by atoms with Crippen LogP contribution in [0.4, 0.5) is 0 Å². The Morgan fingerprint density at radius 2 is 1.88 bits per heavy atom. The predicted octanol–water partition coefficient (Wildman–Crippen LogP) is 2.09. The molecular formula is C23H22ClN5O3. The van der Waals surface area contributed by atoms with Gasteiger partial charge in [0.25, 0.3) is 11.8 Å². The highest BCUT2D eigenvalue weighted by molar-refractivity contribution is 6.31. The topological polar surface area (TPSA) is 96.3 Å². The van der Waals surface area contributed by atoms with E-state index in [1.54, 1.807) is 35.1 Å². The number of nitrogens with zero attached hydrogens (tertiary/aromatic N) is 3. The Morgan fingerprint density at radius 1 is 1.09 bits per heavy atom. The van der Waals surface area contributed by atoms with Crippen molar-refractivity contribution in [3.63, 3.8) is 0 Å². The van der Waals surface area contributed by atoms with Crippen molar-refractivity contribution in [2.24, 2.45) is 0 Å².